The van der Waals surface area contributed by atoms with E-state index in [1.807, 2.05) is 26.0 Å². The van der Waals surface area contributed by atoms with Gasteiger partial charge in [0, 0.05) is 23.4 Å². The Morgan fingerprint density at radius 2 is 1.71 bits per heavy atom. The van der Waals surface area contributed by atoms with E-state index in [4.69, 9.17) is 15.0 Å². The summed E-state index contributed by atoms with van der Waals surface area (Å²) in [6.45, 7) is 8.47. The van der Waals surface area contributed by atoms with E-state index < -0.39 is 5.54 Å². The van der Waals surface area contributed by atoms with Crippen molar-refractivity contribution < 1.29 is 18.8 Å². The molecule has 0 atom stereocenters. The van der Waals surface area contributed by atoms with Crippen LogP contribution in [-0.2, 0) is 6.54 Å². The molecule has 4 N–H and O–H groups in total. The largest absolute Gasteiger partial charge is 0.472 e. The summed E-state index contributed by atoms with van der Waals surface area (Å²) in [7, 11) is 0. The Balaban J connectivity index is 1.24. The van der Waals surface area contributed by atoms with Crippen molar-refractivity contribution in [1.29, 1.82) is 0 Å². The lowest BCUT2D eigenvalue weighted by atomic mass is 9.54. The molecule has 4 aliphatic rings. The molecule has 9 heteroatoms. The normalized spacial score (nSPS) is 26.0. The molecule has 4 fully saturated rings. The molecule has 4 bridgehead atoms. The molecule has 0 radical (unpaired) electrons. The Labute approximate surface area is 229 Å². The molecule has 0 aliphatic heterocycles. The van der Waals surface area contributed by atoms with Crippen molar-refractivity contribution in [3.05, 3.63) is 41.2 Å². The molecule has 1 heterocycles. The summed E-state index contributed by atoms with van der Waals surface area (Å²) in [6.07, 6.45) is 6.30. The number of hydrogen-bond acceptors (Lipinski definition) is 7. The molecule has 0 spiro atoms. The van der Waals surface area contributed by atoms with Crippen molar-refractivity contribution >= 4 is 23.6 Å². The molecular formula is C29H40N4O4S. The average molecular weight is 541 g/mol. The first-order chi connectivity index (χ1) is 18.1. The second kappa shape index (κ2) is 10.9. The second-order valence-corrected chi connectivity index (χ2v) is 13.9. The molecule has 2 amide bonds. The van der Waals surface area contributed by atoms with Crippen LogP contribution in [0.1, 0.15) is 86.3 Å². The second-order valence-electron chi connectivity index (χ2n) is 12.3. The lowest BCUT2D eigenvalue weighted by Gasteiger charge is -2.54. The van der Waals surface area contributed by atoms with Crippen LogP contribution >= 0.6 is 11.8 Å². The Hall–Kier alpha value is -2.52. The molecule has 38 heavy (non-hydrogen) atoms. The van der Waals surface area contributed by atoms with Crippen LogP contribution in [0.25, 0.3) is 0 Å². The molecule has 1 aromatic carbocycles. The third kappa shape index (κ3) is 5.88. The Morgan fingerprint density at radius 3 is 2.29 bits per heavy atom. The van der Waals surface area contributed by atoms with E-state index in [0.29, 0.717) is 28.8 Å². The van der Waals surface area contributed by atoms with Crippen molar-refractivity contribution in [2.45, 2.75) is 88.1 Å². The summed E-state index contributed by atoms with van der Waals surface area (Å²) in [6, 6.07) is 7.43. The molecule has 0 unspecified atom stereocenters. The van der Waals surface area contributed by atoms with E-state index in [0.717, 1.165) is 17.4 Å². The van der Waals surface area contributed by atoms with Crippen molar-refractivity contribution in [3.8, 4) is 5.88 Å². The van der Waals surface area contributed by atoms with Crippen LogP contribution in [-0.4, -0.2) is 40.4 Å². The number of rotatable bonds is 10. The maximum atomic E-state index is 13.4. The fourth-order valence-electron chi connectivity index (χ4n) is 6.68. The van der Waals surface area contributed by atoms with Crippen LogP contribution < -0.4 is 21.1 Å². The average Bonchev–Trinajstić information content (AvgIpc) is 3.26. The molecule has 206 valence electrons. The number of amides is 2. The highest BCUT2D eigenvalue weighted by Crippen LogP contribution is 2.53. The summed E-state index contributed by atoms with van der Waals surface area (Å²) in [5.41, 5.74) is 6.48. The molecule has 1 aromatic heterocycles. The summed E-state index contributed by atoms with van der Waals surface area (Å²) in [4.78, 5) is 26.8. The molecule has 6 rings (SSSR count). The fourth-order valence-corrected chi connectivity index (χ4v) is 7.58. The van der Waals surface area contributed by atoms with E-state index >= 15 is 0 Å². The number of aromatic nitrogens is 1. The molecular weight excluding hydrogens is 500 g/mol. The quantitative estimate of drug-likeness (QED) is 0.371. The van der Waals surface area contributed by atoms with Gasteiger partial charge in [-0.15, -0.1) is 11.8 Å². The van der Waals surface area contributed by atoms with Gasteiger partial charge < -0.3 is 25.6 Å². The Bertz CT molecular complexity index is 1130. The van der Waals surface area contributed by atoms with Gasteiger partial charge in [-0.3, -0.25) is 9.59 Å². The van der Waals surface area contributed by atoms with E-state index in [1.54, 1.807) is 12.1 Å². The SMILES string of the molecule is CC(C)Sc1c(OCC(C)(C)NC(=O)c2ccc(CN)cc2)noc1C(=O)NC1C2CC3CC(C2)CC1C3. The van der Waals surface area contributed by atoms with Crippen molar-refractivity contribution in [2.24, 2.45) is 29.4 Å². The van der Waals surface area contributed by atoms with Gasteiger partial charge in [-0.2, -0.15) is 0 Å². The number of carbonyl (C=O) groups is 2. The summed E-state index contributed by atoms with van der Waals surface area (Å²) >= 11 is 1.50. The zero-order valence-corrected chi connectivity index (χ0v) is 23.6. The fraction of sp³-hybridized carbons (Fsp3) is 0.621. The molecule has 4 saturated carbocycles. The maximum absolute atomic E-state index is 13.4. The zero-order chi connectivity index (χ0) is 27.0. The number of benzene rings is 1. The van der Waals surface area contributed by atoms with E-state index in [1.165, 1.54) is 43.9 Å². The summed E-state index contributed by atoms with van der Waals surface area (Å²) < 4.78 is 11.6. The van der Waals surface area contributed by atoms with Crippen LogP contribution in [0.15, 0.2) is 33.7 Å². The number of hydrogen-bond donors (Lipinski definition) is 3. The van der Waals surface area contributed by atoms with Crippen LogP contribution in [0, 0.1) is 23.7 Å². The number of nitrogens with two attached hydrogens (primary N) is 1. The van der Waals surface area contributed by atoms with Crippen LogP contribution in [0.4, 0.5) is 0 Å². The lowest BCUT2D eigenvalue weighted by Crippen LogP contribution is -2.55. The number of nitrogens with one attached hydrogen (secondary N) is 2. The van der Waals surface area contributed by atoms with Gasteiger partial charge in [-0.05, 0) is 92.5 Å². The van der Waals surface area contributed by atoms with Gasteiger partial charge in [0.25, 0.3) is 17.7 Å². The summed E-state index contributed by atoms with van der Waals surface area (Å²) in [5, 5.41) is 10.7. The molecule has 4 aliphatic carbocycles. The first kappa shape index (κ1) is 27.1. The Morgan fingerprint density at radius 1 is 1.08 bits per heavy atom. The van der Waals surface area contributed by atoms with Gasteiger partial charge in [0.1, 0.15) is 11.5 Å². The number of nitrogens with zero attached hydrogens (tertiary/aromatic N) is 1. The minimum absolute atomic E-state index is 0.161. The van der Waals surface area contributed by atoms with E-state index in [-0.39, 0.29) is 41.4 Å². The van der Waals surface area contributed by atoms with Gasteiger partial charge in [-0.25, -0.2) is 0 Å². The maximum Gasteiger partial charge on any atom is 0.291 e. The van der Waals surface area contributed by atoms with Gasteiger partial charge >= 0.3 is 0 Å². The first-order valence-corrected chi connectivity index (χ1v) is 14.7. The van der Waals surface area contributed by atoms with E-state index in [2.05, 4.69) is 29.6 Å². The van der Waals surface area contributed by atoms with Gasteiger partial charge in [0.05, 0.1) is 5.54 Å². The third-order valence-electron chi connectivity index (χ3n) is 8.18. The highest BCUT2D eigenvalue weighted by Gasteiger charge is 2.49. The minimum Gasteiger partial charge on any atom is -0.472 e. The lowest BCUT2D eigenvalue weighted by molar-refractivity contribution is -0.0124. The molecule has 0 saturated heterocycles. The number of thioether (sulfide) groups is 1. The predicted molar refractivity (Wildman–Crippen MR) is 147 cm³/mol. The number of carbonyl (C=O) groups excluding carboxylic acids is 2. The number of ether oxygens (including phenoxy) is 1. The van der Waals surface area contributed by atoms with Gasteiger partial charge in [0.2, 0.25) is 5.76 Å². The third-order valence-corrected chi connectivity index (χ3v) is 9.25. The van der Waals surface area contributed by atoms with Crippen LogP contribution in [0.5, 0.6) is 5.88 Å². The van der Waals surface area contributed by atoms with Crippen molar-refractivity contribution in [2.75, 3.05) is 6.61 Å². The van der Waals surface area contributed by atoms with Gasteiger partial charge in [-0.1, -0.05) is 26.0 Å². The summed E-state index contributed by atoms with van der Waals surface area (Å²) in [5.74, 6) is 2.94. The van der Waals surface area contributed by atoms with Crippen LogP contribution in [0.2, 0.25) is 0 Å². The van der Waals surface area contributed by atoms with Crippen molar-refractivity contribution in [3.63, 3.8) is 0 Å². The zero-order valence-electron chi connectivity index (χ0n) is 22.8. The highest BCUT2D eigenvalue weighted by molar-refractivity contribution is 8.00. The molecule has 2 aromatic rings. The molecule has 8 nitrogen and oxygen atoms in total. The van der Waals surface area contributed by atoms with Crippen molar-refractivity contribution in [1.82, 2.24) is 15.8 Å². The Kier molecular flexibility index (Phi) is 7.78. The van der Waals surface area contributed by atoms with Crippen LogP contribution in [0.3, 0.4) is 0 Å². The first-order valence-electron chi connectivity index (χ1n) is 13.8. The highest BCUT2D eigenvalue weighted by atomic mass is 32.2. The van der Waals surface area contributed by atoms with E-state index in [9.17, 15) is 9.59 Å². The minimum atomic E-state index is -0.689. The van der Waals surface area contributed by atoms with Gasteiger partial charge in [0.15, 0.2) is 0 Å². The smallest absolute Gasteiger partial charge is 0.291 e. The predicted octanol–water partition coefficient (Wildman–Crippen LogP) is 4.78. The topological polar surface area (TPSA) is 119 Å². The standard InChI is InChI=1S/C29H40N4O4S/c1-16(2)38-25-24(27(35)31-23-21-10-18-9-19(12-21)13-22(23)11-18)37-33-28(25)36-15-29(3,4)32-26(34)20-7-5-17(14-30)6-8-20/h5-8,16,18-19,21-23H,9-15,30H2,1-4H3,(H,31,35)(H,32,34). The monoisotopic (exact) mass is 540 g/mol.